The van der Waals surface area contributed by atoms with Gasteiger partial charge >= 0.3 is 0 Å². The van der Waals surface area contributed by atoms with E-state index in [1.54, 1.807) is 48.5 Å². The Bertz CT molecular complexity index is 396. The van der Waals surface area contributed by atoms with Crippen LogP contribution in [0.15, 0.2) is 0 Å². The van der Waals surface area contributed by atoms with E-state index in [9.17, 15) is 14.2 Å². The van der Waals surface area contributed by atoms with Crippen LogP contribution in [0.4, 0.5) is 0 Å². The molecule has 0 N–H and O–H groups in total. The van der Waals surface area contributed by atoms with E-state index in [1.807, 2.05) is 0 Å². The molecule has 23 heavy (non-hydrogen) atoms. The van der Waals surface area contributed by atoms with Crippen molar-refractivity contribution in [1.29, 1.82) is 0 Å². The van der Waals surface area contributed by atoms with Gasteiger partial charge in [-0.25, -0.2) is 10.1 Å². The third-order valence-corrected chi connectivity index (χ3v) is 4.24. The summed E-state index contributed by atoms with van der Waals surface area (Å²) < 4.78 is 18.3. The van der Waals surface area contributed by atoms with Crippen molar-refractivity contribution in [3.63, 3.8) is 0 Å². The summed E-state index contributed by atoms with van der Waals surface area (Å²) in [6.45, 7) is 12.4. The third kappa shape index (κ3) is 10.4. The minimum atomic E-state index is -3.40. The molecule has 2 amide bonds. The normalized spacial score (nSPS) is 12.8. The van der Waals surface area contributed by atoms with Gasteiger partial charge in [-0.3, -0.25) is 23.8 Å². The van der Waals surface area contributed by atoms with Crippen molar-refractivity contribution in [3.05, 3.63) is 0 Å². The number of carbonyl (C=O) groups is 2. The van der Waals surface area contributed by atoms with Crippen molar-refractivity contribution in [2.24, 2.45) is 0 Å². The number of amides is 2. The first-order valence-corrected chi connectivity index (χ1v) is 9.38. The van der Waals surface area contributed by atoms with Crippen molar-refractivity contribution >= 4 is 20.2 Å². The molecule has 9 heteroatoms. The monoisotopic (exact) mass is 352 g/mol. The van der Waals surface area contributed by atoms with Crippen LogP contribution < -0.4 is 0 Å². The highest BCUT2D eigenvalue weighted by molar-refractivity contribution is 7.58. The van der Waals surface area contributed by atoms with Gasteiger partial charge in [0.25, 0.3) is 0 Å². The molecule has 0 unspecified atom stereocenters. The molecule has 0 bridgehead atoms. The Hall–Kier alpha value is -0.950. The molecule has 0 atom stereocenters. The first-order chi connectivity index (χ1) is 10.3. The van der Waals surface area contributed by atoms with Gasteiger partial charge in [-0.2, -0.15) is 0 Å². The average molecular weight is 352 g/mol. The molecule has 0 rings (SSSR count). The van der Waals surface area contributed by atoms with Crippen molar-refractivity contribution in [1.82, 2.24) is 10.1 Å². The lowest BCUT2D eigenvalue weighted by atomic mass is 10.2. The fourth-order valence-electron chi connectivity index (χ4n) is 1.66. The van der Waals surface area contributed by atoms with Crippen molar-refractivity contribution in [2.45, 2.75) is 59.7 Å². The summed E-state index contributed by atoms with van der Waals surface area (Å²) in [4.78, 5) is 33.1. The van der Waals surface area contributed by atoms with E-state index in [2.05, 4.69) is 0 Å². The van der Waals surface area contributed by atoms with Crippen molar-refractivity contribution in [3.8, 4) is 0 Å². The molecular formula is C14H29N2O6P. The minimum Gasteiger partial charge on any atom is -0.326 e. The smallest absolute Gasteiger partial charge is 0.245 e. The molecule has 0 aliphatic rings. The molecule has 0 radical (unpaired) electrons. The van der Waals surface area contributed by atoms with E-state index in [1.165, 1.54) is 0 Å². The van der Waals surface area contributed by atoms with Crippen LogP contribution in [-0.4, -0.2) is 53.3 Å². The van der Waals surface area contributed by atoms with Gasteiger partial charge in [0, 0.05) is 0 Å². The molecule has 8 nitrogen and oxygen atoms in total. The lowest BCUT2D eigenvalue weighted by molar-refractivity contribution is -0.214. The Balaban J connectivity index is 5.12. The van der Waals surface area contributed by atoms with Crippen molar-refractivity contribution < 1.29 is 28.4 Å². The van der Waals surface area contributed by atoms with E-state index in [0.717, 1.165) is 10.1 Å². The minimum absolute atomic E-state index is 0.168. The molecule has 0 aliphatic heterocycles. The molecule has 0 spiro atoms. The van der Waals surface area contributed by atoms with Gasteiger partial charge in [0.05, 0.1) is 17.8 Å². The van der Waals surface area contributed by atoms with Crippen LogP contribution in [-0.2, 0) is 28.4 Å². The Morgan fingerprint density at radius 1 is 0.870 bits per heavy atom. The zero-order chi connectivity index (χ0) is 18.3. The SMILES string of the molecule is CCOP(=O)(CN(C=O)OC(C)(C)C)CN(C=O)OC(C)(C)C. The van der Waals surface area contributed by atoms with E-state index in [0.29, 0.717) is 12.8 Å². The molecule has 0 heterocycles. The number of rotatable bonds is 10. The molecule has 0 aliphatic carbocycles. The molecule has 0 fully saturated rings. The predicted molar refractivity (Wildman–Crippen MR) is 86.4 cm³/mol. The van der Waals surface area contributed by atoms with E-state index >= 15 is 0 Å². The molecule has 136 valence electrons. The standard InChI is InChI=1S/C14H29N2O6P/c1-8-20-23(19,11-15(9-17)21-13(2,3)4)12-16(10-18)22-14(5,6)7/h9-10H,8,11-12H2,1-7H3. The topological polar surface area (TPSA) is 85.4 Å². The van der Waals surface area contributed by atoms with Gasteiger partial charge in [-0.1, -0.05) is 0 Å². The zero-order valence-corrected chi connectivity index (χ0v) is 16.0. The van der Waals surface area contributed by atoms with Gasteiger partial charge < -0.3 is 4.52 Å². The Morgan fingerprint density at radius 2 is 1.22 bits per heavy atom. The van der Waals surface area contributed by atoms with Gasteiger partial charge in [-0.05, 0) is 48.5 Å². The maximum atomic E-state index is 12.9. The first-order valence-electron chi connectivity index (χ1n) is 7.39. The molecule has 0 saturated carbocycles. The zero-order valence-electron chi connectivity index (χ0n) is 15.1. The number of hydrogen-bond donors (Lipinski definition) is 0. The molecule has 0 saturated heterocycles. The highest BCUT2D eigenvalue weighted by Gasteiger charge is 2.32. The predicted octanol–water partition coefficient (Wildman–Crippen LogP) is 2.59. The van der Waals surface area contributed by atoms with Crippen LogP contribution >= 0.6 is 7.37 Å². The summed E-state index contributed by atoms with van der Waals surface area (Å²) in [7, 11) is -3.40. The number of nitrogens with zero attached hydrogens (tertiary/aromatic N) is 2. The van der Waals surface area contributed by atoms with Crippen LogP contribution in [0, 0.1) is 0 Å². The summed E-state index contributed by atoms with van der Waals surface area (Å²) in [5, 5.41) is 1.85. The van der Waals surface area contributed by atoms with Crippen LogP contribution in [0.3, 0.4) is 0 Å². The van der Waals surface area contributed by atoms with Gasteiger partial charge in [0.15, 0.2) is 0 Å². The van der Waals surface area contributed by atoms with Crippen LogP contribution in [0.1, 0.15) is 48.5 Å². The Labute approximate surface area is 138 Å². The second-order valence-corrected chi connectivity index (χ2v) is 9.42. The summed E-state index contributed by atoms with van der Waals surface area (Å²) in [5.41, 5.74) is -1.27. The highest BCUT2D eigenvalue weighted by atomic mass is 31.2. The van der Waals surface area contributed by atoms with E-state index < -0.39 is 18.6 Å². The second kappa shape index (κ2) is 8.78. The number of hydroxylamine groups is 4. The number of hydrogen-bond acceptors (Lipinski definition) is 6. The first kappa shape index (κ1) is 22.1. The second-order valence-electron chi connectivity index (χ2n) is 6.97. The van der Waals surface area contributed by atoms with Gasteiger partial charge in [-0.15, -0.1) is 0 Å². The van der Waals surface area contributed by atoms with Gasteiger partial charge in [0.2, 0.25) is 20.2 Å². The highest BCUT2D eigenvalue weighted by Crippen LogP contribution is 2.48. The number of carbonyl (C=O) groups excluding carboxylic acids is 2. The summed E-state index contributed by atoms with van der Waals surface area (Å²) in [6, 6.07) is 0. The van der Waals surface area contributed by atoms with E-state index in [4.69, 9.17) is 14.2 Å². The third-order valence-electron chi connectivity index (χ3n) is 2.09. The Morgan fingerprint density at radius 3 is 1.43 bits per heavy atom. The maximum Gasteiger partial charge on any atom is 0.245 e. The van der Waals surface area contributed by atoms with Gasteiger partial charge in [0.1, 0.15) is 12.6 Å². The quantitative estimate of drug-likeness (QED) is 0.341. The van der Waals surface area contributed by atoms with Crippen LogP contribution in [0.25, 0.3) is 0 Å². The summed E-state index contributed by atoms with van der Waals surface area (Å²) >= 11 is 0. The molecule has 0 aromatic heterocycles. The lowest BCUT2D eigenvalue weighted by Gasteiger charge is -2.32. The molecule has 0 aromatic rings. The summed E-state index contributed by atoms with van der Waals surface area (Å²) in [5.74, 6) is 0. The average Bonchev–Trinajstić information content (AvgIpc) is 2.33. The van der Waals surface area contributed by atoms with E-state index in [-0.39, 0.29) is 19.2 Å². The van der Waals surface area contributed by atoms with Crippen molar-refractivity contribution in [2.75, 3.05) is 19.2 Å². The molecule has 0 aromatic carbocycles. The Kier molecular flexibility index (Phi) is 8.41. The lowest BCUT2D eigenvalue weighted by Crippen LogP contribution is -2.37. The van der Waals surface area contributed by atoms with Crippen LogP contribution in [0.5, 0.6) is 0 Å². The molecular weight excluding hydrogens is 323 g/mol. The summed E-state index contributed by atoms with van der Waals surface area (Å²) in [6.07, 6.45) is 0.318. The van der Waals surface area contributed by atoms with Crippen LogP contribution in [0.2, 0.25) is 0 Å². The largest absolute Gasteiger partial charge is 0.326 e. The fraction of sp³-hybridized carbons (Fsp3) is 0.857. The fourth-order valence-corrected chi connectivity index (χ4v) is 3.48. The maximum absolute atomic E-state index is 12.9.